The Labute approximate surface area is 224 Å². The molecule has 0 spiro atoms. The molecule has 39 heavy (non-hydrogen) atoms. The number of fused-ring (bicyclic) bond motifs is 2. The molecule has 0 aliphatic heterocycles. The zero-order chi connectivity index (χ0) is 26.6. The standard InChI is InChI=1S/C34H22O5/c35-33(20-15-26-11-6-10-25-9-4-5-12-29(25)26)39-28-18-19-30-31(21-28)37-22-32(34(30)36)38-27-16-13-24(14-17-27)23-7-2-1-3-8-23/h1-22H/b20-15+. The predicted molar refractivity (Wildman–Crippen MR) is 153 cm³/mol. The Kier molecular flexibility index (Phi) is 6.46. The second-order valence-corrected chi connectivity index (χ2v) is 8.90. The van der Waals surface area contributed by atoms with Gasteiger partial charge >= 0.3 is 5.97 Å². The van der Waals surface area contributed by atoms with Crippen LogP contribution in [0.2, 0.25) is 0 Å². The summed E-state index contributed by atoms with van der Waals surface area (Å²) in [6.45, 7) is 0. The molecule has 0 aliphatic rings. The van der Waals surface area contributed by atoms with Gasteiger partial charge in [0, 0.05) is 12.1 Å². The molecular formula is C34H22O5. The van der Waals surface area contributed by atoms with Gasteiger partial charge in [0.15, 0.2) is 0 Å². The third-order valence-corrected chi connectivity index (χ3v) is 6.34. The number of benzene rings is 5. The van der Waals surface area contributed by atoms with Crippen molar-refractivity contribution in [2.24, 2.45) is 0 Å². The minimum absolute atomic E-state index is 0.0673. The quantitative estimate of drug-likeness (QED) is 0.129. The monoisotopic (exact) mass is 510 g/mol. The largest absolute Gasteiger partial charge is 0.460 e. The number of rotatable bonds is 6. The van der Waals surface area contributed by atoms with Gasteiger partial charge in [0.25, 0.3) is 0 Å². The average molecular weight is 511 g/mol. The lowest BCUT2D eigenvalue weighted by molar-refractivity contribution is -0.128. The first-order valence-electron chi connectivity index (χ1n) is 12.4. The second-order valence-electron chi connectivity index (χ2n) is 8.90. The van der Waals surface area contributed by atoms with Crippen LogP contribution in [0.3, 0.4) is 0 Å². The van der Waals surface area contributed by atoms with Gasteiger partial charge in [0.1, 0.15) is 23.3 Å². The Bertz CT molecular complexity index is 1880. The van der Waals surface area contributed by atoms with Crippen molar-refractivity contribution >= 4 is 33.8 Å². The highest BCUT2D eigenvalue weighted by Gasteiger charge is 2.12. The van der Waals surface area contributed by atoms with E-state index in [0.717, 1.165) is 27.5 Å². The van der Waals surface area contributed by atoms with Crippen molar-refractivity contribution in [1.82, 2.24) is 0 Å². The summed E-state index contributed by atoms with van der Waals surface area (Å²) in [6.07, 6.45) is 4.37. The van der Waals surface area contributed by atoms with Gasteiger partial charge in [-0.25, -0.2) is 4.79 Å². The van der Waals surface area contributed by atoms with Gasteiger partial charge in [0.2, 0.25) is 11.2 Å². The number of esters is 1. The zero-order valence-corrected chi connectivity index (χ0v) is 20.7. The van der Waals surface area contributed by atoms with E-state index in [1.54, 1.807) is 30.3 Å². The van der Waals surface area contributed by atoms with Crippen molar-refractivity contribution in [3.8, 4) is 28.4 Å². The maximum absolute atomic E-state index is 13.0. The number of hydrogen-bond acceptors (Lipinski definition) is 5. The van der Waals surface area contributed by atoms with Crippen molar-refractivity contribution in [1.29, 1.82) is 0 Å². The molecule has 0 amide bonds. The van der Waals surface area contributed by atoms with E-state index in [2.05, 4.69) is 0 Å². The number of carbonyl (C=O) groups is 1. The molecule has 5 nitrogen and oxygen atoms in total. The fourth-order valence-electron chi connectivity index (χ4n) is 4.40. The average Bonchev–Trinajstić information content (AvgIpc) is 2.98. The minimum atomic E-state index is -0.538. The summed E-state index contributed by atoms with van der Waals surface area (Å²) in [5.74, 6) is 0.314. The maximum atomic E-state index is 13.0. The first-order valence-corrected chi connectivity index (χ1v) is 12.4. The van der Waals surface area contributed by atoms with Crippen LogP contribution < -0.4 is 14.9 Å². The highest BCUT2D eigenvalue weighted by molar-refractivity contribution is 5.95. The van der Waals surface area contributed by atoms with E-state index in [9.17, 15) is 9.59 Å². The summed E-state index contributed by atoms with van der Waals surface area (Å²) in [4.78, 5) is 25.5. The molecule has 0 unspecified atom stereocenters. The van der Waals surface area contributed by atoms with E-state index < -0.39 is 5.97 Å². The van der Waals surface area contributed by atoms with Gasteiger partial charge < -0.3 is 13.9 Å². The lowest BCUT2D eigenvalue weighted by Gasteiger charge is -2.08. The Balaban J connectivity index is 1.17. The molecular weight excluding hydrogens is 488 g/mol. The van der Waals surface area contributed by atoms with Crippen LogP contribution in [0.4, 0.5) is 0 Å². The normalized spacial score (nSPS) is 11.2. The second kappa shape index (κ2) is 10.5. The van der Waals surface area contributed by atoms with Crippen molar-refractivity contribution < 1.29 is 18.7 Å². The molecule has 5 heteroatoms. The van der Waals surface area contributed by atoms with Gasteiger partial charge in [-0.05, 0) is 57.8 Å². The van der Waals surface area contributed by atoms with Crippen LogP contribution in [0, 0.1) is 0 Å². The van der Waals surface area contributed by atoms with E-state index >= 15 is 0 Å². The molecule has 6 aromatic rings. The van der Waals surface area contributed by atoms with Crippen molar-refractivity contribution in [3.63, 3.8) is 0 Å². The first kappa shape index (κ1) is 23.9. The topological polar surface area (TPSA) is 65.7 Å². The van der Waals surface area contributed by atoms with Crippen LogP contribution >= 0.6 is 0 Å². The fraction of sp³-hybridized carbons (Fsp3) is 0. The molecule has 188 valence electrons. The van der Waals surface area contributed by atoms with E-state index in [0.29, 0.717) is 11.1 Å². The summed E-state index contributed by atoms with van der Waals surface area (Å²) in [6, 6.07) is 35.9. The van der Waals surface area contributed by atoms with Gasteiger partial charge in [-0.15, -0.1) is 0 Å². The van der Waals surface area contributed by atoms with E-state index in [1.807, 2.05) is 84.9 Å². The number of carbonyl (C=O) groups excluding carboxylic acids is 1. The van der Waals surface area contributed by atoms with Crippen molar-refractivity contribution in [2.45, 2.75) is 0 Å². The lowest BCUT2D eigenvalue weighted by Crippen LogP contribution is -2.06. The Morgan fingerprint density at radius 1 is 0.692 bits per heavy atom. The van der Waals surface area contributed by atoms with E-state index in [4.69, 9.17) is 13.9 Å². The fourth-order valence-corrected chi connectivity index (χ4v) is 4.40. The molecule has 0 fully saturated rings. The highest BCUT2D eigenvalue weighted by atomic mass is 16.5. The maximum Gasteiger partial charge on any atom is 0.336 e. The summed E-state index contributed by atoms with van der Waals surface area (Å²) in [7, 11) is 0. The Hall–Kier alpha value is -5.42. The SMILES string of the molecule is O=C(/C=C/c1cccc2ccccc12)Oc1ccc2c(=O)c(Oc3ccc(-c4ccccc4)cc3)coc2c1. The van der Waals surface area contributed by atoms with Crippen LogP contribution in [0.5, 0.6) is 17.2 Å². The third-order valence-electron chi connectivity index (χ3n) is 6.34. The summed E-state index contributed by atoms with van der Waals surface area (Å²) >= 11 is 0. The molecule has 0 radical (unpaired) electrons. The molecule has 6 rings (SSSR count). The van der Waals surface area contributed by atoms with Gasteiger partial charge in [-0.3, -0.25) is 4.79 Å². The molecule has 0 saturated carbocycles. The molecule has 5 aromatic carbocycles. The number of hydrogen-bond donors (Lipinski definition) is 0. The molecule has 1 aromatic heterocycles. The molecule has 1 heterocycles. The Morgan fingerprint density at radius 2 is 1.41 bits per heavy atom. The summed E-state index contributed by atoms with van der Waals surface area (Å²) < 4.78 is 16.9. The molecule has 0 bridgehead atoms. The third kappa shape index (κ3) is 5.20. The van der Waals surface area contributed by atoms with Crippen LogP contribution in [0.25, 0.3) is 38.9 Å². The molecule has 0 atom stereocenters. The number of ether oxygens (including phenoxy) is 2. The summed E-state index contributed by atoms with van der Waals surface area (Å²) in [5.41, 5.74) is 3.02. The van der Waals surface area contributed by atoms with Crippen LogP contribution in [-0.2, 0) is 4.79 Å². The van der Waals surface area contributed by atoms with Crippen LogP contribution in [-0.4, -0.2) is 5.97 Å². The molecule has 0 N–H and O–H groups in total. The first-order chi connectivity index (χ1) is 19.1. The highest BCUT2D eigenvalue weighted by Crippen LogP contribution is 2.27. The van der Waals surface area contributed by atoms with Gasteiger partial charge in [-0.1, -0.05) is 84.9 Å². The van der Waals surface area contributed by atoms with Crippen LogP contribution in [0.1, 0.15) is 5.56 Å². The van der Waals surface area contributed by atoms with Gasteiger partial charge in [-0.2, -0.15) is 0 Å². The summed E-state index contributed by atoms with van der Waals surface area (Å²) in [5, 5.41) is 2.45. The van der Waals surface area contributed by atoms with Crippen molar-refractivity contribution in [3.05, 3.63) is 143 Å². The smallest absolute Gasteiger partial charge is 0.336 e. The van der Waals surface area contributed by atoms with Crippen LogP contribution in [0.15, 0.2) is 137 Å². The van der Waals surface area contributed by atoms with Gasteiger partial charge in [0.05, 0.1) is 5.39 Å². The zero-order valence-electron chi connectivity index (χ0n) is 20.7. The van der Waals surface area contributed by atoms with Crippen molar-refractivity contribution in [2.75, 3.05) is 0 Å². The lowest BCUT2D eigenvalue weighted by atomic mass is 10.0. The minimum Gasteiger partial charge on any atom is -0.460 e. The van der Waals surface area contributed by atoms with E-state index in [-0.39, 0.29) is 22.5 Å². The molecule has 0 aliphatic carbocycles. The van der Waals surface area contributed by atoms with E-state index in [1.165, 1.54) is 18.4 Å². The Morgan fingerprint density at radius 3 is 2.26 bits per heavy atom. The predicted octanol–water partition coefficient (Wildman–Crippen LogP) is 8.02. The molecule has 0 saturated heterocycles.